The van der Waals surface area contributed by atoms with Crippen LogP contribution in [0.2, 0.25) is 5.02 Å². The molecule has 0 bridgehead atoms. The minimum absolute atomic E-state index is 0.291. The molecule has 0 spiro atoms. The third-order valence-corrected chi connectivity index (χ3v) is 4.15. The van der Waals surface area contributed by atoms with Crippen LogP contribution in [0.5, 0.6) is 5.75 Å². The number of nitrogens with zero attached hydrogens (tertiary/aromatic N) is 1. The van der Waals surface area contributed by atoms with Crippen LogP contribution in [0.3, 0.4) is 0 Å². The minimum Gasteiger partial charge on any atom is -0.490 e. The molecule has 104 valence electrons. The SMILES string of the molecule is NC(=S)c1cc(Cl)cc(Br)c1OCCN1CCCC1. The number of nitrogens with two attached hydrogens (primary N) is 1. The molecular formula is C13H16BrClN2OS. The summed E-state index contributed by atoms with van der Waals surface area (Å²) in [5.74, 6) is 0.677. The van der Waals surface area contributed by atoms with Gasteiger partial charge >= 0.3 is 0 Å². The molecular weight excluding hydrogens is 348 g/mol. The first-order valence-corrected chi connectivity index (χ1v) is 7.80. The quantitative estimate of drug-likeness (QED) is 0.815. The van der Waals surface area contributed by atoms with Crippen molar-refractivity contribution in [3.05, 3.63) is 27.2 Å². The van der Waals surface area contributed by atoms with Gasteiger partial charge in [-0.1, -0.05) is 23.8 Å². The average molecular weight is 364 g/mol. The zero-order valence-electron chi connectivity index (χ0n) is 10.5. The summed E-state index contributed by atoms with van der Waals surface area (Å²) in [5, 5.41) is 0.585. The van der Waals surface area contributed by atoms with Crippen LogP contribution in [-0.2, 0) is 0 Å². The summed E-state index contributed by atoms with van der Waals surface area (Å²) in [6.07, 6.45) is 2.56. The number of rotatable bonds is 5. The van der Waals surface area contributed by atoms with Gasteiger partial charge < -0.3 is 10.5 Å². The molecule has 1 heterocycles. The van der Waals surface area contributed by atoms with Gasteiger partial charge in [-0.05, 0) is 54.0 Å². The summed E-state index contributed by atoms with van der Waals surface area (Å²) in [6, 6.07) is 3.52. The molecule has 0 radical (unpaired) electrons. The number of ether oxygens (including phenoxy) is 1. The van der Waals surface area contributed by atoms with Crippen molar-refractivity contribution in [3.63, 3.8) is 0 Å². The summed E-state index contributed by atoms with van der Waals surface area (Å²) in [4.78, 5) is 2.68. The fourth-order valence-electron chi connectivity index (χ4n) is 2.17. The first-order valence-electron chi connectivity index (χ1n) is 6.22. The van der Waals surface area contributed by atoms with E-state index in [-0.39, 0.29) is 0 Å². The Kier molecular flexibility index (Phi) is 5.45. The van der Waals surface area contributed by atoms with Crippen molar-refractivity contribution < 1.29 is 4.74 Å². The third-order valence-electron chi connectivity index (χ3n) is 3.13. The van der Waals surface area contributed by atoms with Crippen LogP contribution < -0.4 is 10.5 Å². The maximum Gasteiger partial charge on any atom is 0.143 e. The topological polar surface area (TPSA) is 38.5 Å². The summed E-state index contributed by atoms with van der Waals surface area (Å²) in [7, 11) is 0. The summed E-state index contributed by atoms with van der Waals surface area (Å²) < 4.78 is 6.61. The summed E-state index contributed by atoms with van der Waals surface area (Å²) in [5.41, 5.74) is 6.38. The summed E-state index contributed by atoms with van der Waals surface area (Å²) >= 11 is 14.5. The monoisotopic (exact) mass is 362 g/mol. The Morgan fingerprint density at radius 2 is 2.11 bits per heavy atom. The largest absolute Gasteiger partial charge is 0.490 e. The predicted molar refractivity (Wildman–Crippen MR) is 86.2 cm³/mol. The highest BCUT2D eigenvalue weighted by Gasteiger charge is 2.15. The van der Waals surface area contributed by atoms with E-state index in [1.54, 1.807) is 12.1 Å². The van der Waals surface area contributed by atoms with Gasteiger partial charge in [0.1, 0.15) is 17.3 Å². The lowest BCUT2D eigenvalue weighted by Gasteiger charge is -2.17. The number of halogens is 2. The Labute approximate surface area is 132 Å². The average Bonchev–Trinajstić information content (AvgIpc) is 2.84. The lowest BCUT2D eigenvalue weighted by atomic mass is 10.2. The van der Waals surface area contributed by atoms with E-state index in [1.165, 1.54) is 12.8 Å². The fourth-order valence-corrected chi connectivity index (χ4v) is 3.25. The second-order valence-corrected chi connectivity index (χ2v) is 6.26. The molecule has 1 fully saturated rings. The lowest BCUT2D eigenvalue weighted by molar-refractivity contribution is 0.236. The molecule has 1 aromatic carbocycles. The van der Waals surface area contributed by atoms with Gasteiger partial charge in [-0.3, -0.25) is 4.90 Å². The van der Waals surface area contributed by atoms with Crippen LogP contribution in [0.15, 0.2) is 16.6 Å². The Hall–Kier alpha value is -0.360. The molecule has 19 heavy (non-hydrogen) atoms. The van der Waals surface area contributed by atoms with E-state index in [2.05, 4.69) is 20.8 Å². The summed E-state index contributed by atoms with van der Waals surface area (Å²) in [6.45, 7) is 3.86. The molecule has 1 aliphatic heterocycles. The molecule has 0 amide bonds. The number of thiocarbonyl (C=S) groups is 1. The molecule has 1 aromatic rings. The van der Waals surface area contributed by atoms with E-state index < -0.39 is 0 Å². The van der Waals surface area contributed by atoms with Crippen molar-refractivity contribution in [2.75, 3.05) is 26.2 Å². The van der Waals surface area contributed by atoms with E-state index in [1.807, 2.05) is 0 Å². The molecule has 6 heteroatoms. The Balaban J connectivity index is 2.03. The second kappa shape index (κ2) is 6.88. The number of hydrogen-bond donors (Lipinski definition) is 1. The standard InChI is InChI=1S/C13H16BrClN2OS/c14-11-8-9(15)7-10(13(16)19)12(11)18-6-5-17-3-1-2-4-17/h7-8H,1-6H2,(H2,16,19). The van der Waals surface area contributed by atoms with Crippen molar-refractivity contribution in [1.82, 2.24) is 4.90 Å². The Morgan fingerprint density at radius 3 is 2.74 bits per heavy atom. The molecule has 2 rings (SSSR count). The maximum atomic E-state index is 5.99. The van der Waals surface area contributed by atoms with E-state index in [0.717, 1.165) is 24.1 Å². The van der Waals surface area contributed by atoms with Crippen molar-refractivity contribution in [2.24, 2.45) is 5.73 Å². The molecule has 3 nitrogen and oxygen atoms in total. The van der Waals surface area contributed by atoms with Crippen molar-refractivity contribution >= 4 is 44.7 Å². The van der Waals surface area contributed by atoms with Crippen LogP contribution in [0.1, 0.15) is 18.4 Å². The van der Waals surface area contributed by atoms with Gasteiger partial charge in [-0.2, -0.15) is 0 Å². The maximum absolute atomic E-state index is 5.99. The van der Waals surface area contributed by atoms with E-state index in [9.17, 15) is 0 Å². The van der Waals surface area contributed by atoms with Crippen LogP contribution in [0.25, 0.3) is 0 Å². The van der Waals surface area contributed by atoms with Crippen molar-refractivity contribution in [1.29, 1.82) is 0 Å². The van der Waals surface area contributed by atoms with Gasteiger partial charge in [-0.25, -0.2) is 0 Å². The van der Waals surface area contributed by atoms with Crippen molar-refractivity contribution in [3.8, 4) is 5.75 Å². The molecule has 1 saturated heterocycles. The van der Waals surface area contributed by atoms with Crippen LogP contribution in [0.4, 0.5) is 0 Å². The first kappa shape index (κ1) is 15.0. The molecule has 0 aromatic heterocycles. The zero-order valence-corrected chi connectivity index (χ0v) is 13.7. The highest BCUT2D eigenvalue weighted by atomic mass is 79.9. The van der Waals surface area contributed by atoms with Crippen molar-refractivity contribution in [2.45, 2.75) is 12.8 Å². The van der Waals surface area contributed by atoms with Crippen LogP contribution >= 0.6 is 39.7 Å². The van der Waals surface area contributed by atoms with Gasteiger partial charge in [0.15, 0.2) is 0 Å². The normalized spacial score (nSPS) is 15.7. The number of benzene rings is 1. The lowest BCUT2D eigenvalue weighted by Crippen LogP contribution is -2.25. The molecule has 0 atom stereocenters. The number of hydrogen-bond acceptors (Lipinski definition) is 3. The zero-order chi connectivity index (χ0) is 13.8. The minimum atomic E-state index is 0.291. The fraction of sp³-hybridized carbons (Fsp3) is 0.462. The third kappa shape index (κ3) is 4.05. The number of likely N-dealkylation sites (tertiary alicyclic amines) is 1. The molecule has 0 aliphatic carbocycles. The Bertz CT molecular complexity index is 478. The highest BCUT2D eigenvalue weighted by Crippen LogP contribution is 2.32. The van der Waals surface area contributed by atoms with Gasteiger partial charge in [0.2, 0.25) is 0 Å². The predicted octanol–water partition coefficient (Wildman–Crippen LogP) is 3.21. The van der Waals surface area contributed by atoms with Crippen LogP contribution in [0, 0.1) is 0 Å². The van der Waals surface area contributed by atoms with E-state index in [4.69, 9.17) is 34.3 Å². The first-order chi connectivity index (χ1) is 9.08. The molecule has 1 aliphatic rings. The van der Waals surface area contributed by atoms with E-state index in [0.29, 0.717) is 27.9 Å². The van der Waals surface area contributed by atoms with Crippen LogP contribution in [-0.4, -0.2) is 36.1 Å². The van der Waals surface area contributed by atoms with Gasteiger partial charge in [0.25, 0.3) is 0 Å². The Morgan fingerprint density at radius 1 is 1.42 bits per heavy atom. The highest BCUT2D eigenvalue weighted by molar-refractivity contribution is 9.10. The molecule has 2 N–H and O–H groups in total. The molecule has 0 saturated carbocycles. The van der Waals surface area contributed by atoms with E-state index >= 15 is 0 Å². The smallest absolute Gasteiger partial charge is 0.143 e. The van der Waals surface area contributed by atoms with Gasteiger partial charge in [-0.15, -0.1) is 0 Å². The molecule has 0 unspecified atom stereocenters. The van der Waals surface area contributed by atoms with Gasteiger partial charge in [0, 0.05) is 11.6 Å². The second-order valence-electron chi connectivity index (χ2n) is 4.53. The van der Waals surface area contributed by atoms with Gasteiger partial charge in [0.05, 0.1) is 10.0 Å².